The number of rotatable bonds is 5. The van der Waals surface area contributed by atoms with Gasteiger partial charge in [-0.15, -0.1) is 0 Å². The van der Waals surface area contributed by atoms with E-state index < -0.39 is 0 Å². The Hall–Kier alpha value is -2.49. The van der Waals surface area contributed by atoms with Gasteiger partial charge in [-0.05, 0) is 56.2 Å². The maximum Gasteiger partial charge on any atom is 0.246 e. The Kier molecular flexibility index (Phi) is 4.51. The van der Waals surface area contributed by atoms with Crippen molar-refractivity contribution in [2.75, 3.05) is 23.4 Å². The van der Waals surface area contributed by atoms with E-state index in [-0.39, 0.29) is 11.9 Å². The molecule has 0 saturated heterocycles. The van der Waals surface area contributed by atoms with E-state index in [1.54, 1.807) is 0 Å². The molecule has 0 bridgehead atoms. The first-order valence-corrected chi connectivity index (χ1v) is 8.07. The lowest BCUT2D eigenvalue weighted by atomic mass is 10.1. The molecule has 1 amide bonds. The standard InChI is InChI=1S/C19H22N2O2/c1-3-23-17-10-8-16(9-11-17)20-19(22)14(2)21-13-12-15-6-4-5-7-18(15)21/h4-11,14H,3,12-13H2,1-2H3,(H,20,22)/t14-/m1/s1. The van der Waals surface area contributed by atoms with E-state index in [0.717, 1.165) is 24.4 Å². The summed E-state index contributed by atoms with van der Waals surface area (Å²) >= 11 is 0. The summed E-state index contributed by atoms with van der Waals surface area (Å²) in [6.45, 7) is 5.42. The van der Waals surface area contributed by atoms with Gasteiger partial charge in [0.15, 0.2) is 0 Å². The molecular weight excluding hydrogens is 288 g/mol. The largest absolute Gasteiger partial charge is 0.494 e. The molecule has 3 rings (SSSR count). The molecule has 0 saturated carbocycles. The average Bonchev–Trinajstić information content (AvgIpc) is 3.00. The minimum atomic E-state index is -0.204. The Labute approximate surface area is 137 Å². The number of carbonyl (C=O) groups is 1. The Balaban J connectivity index is 1.66. The van der Waals surface area contributed by atoms with Crippen molar-refractivity contribution in [3.8, 4) is 5.75 Å². The minimum absolute atomic E-state index is 0.00543. The molecule has 23 heavy (non-hydrogen) atoms. The number of benzene rings is 2. The fraction of sp³-hybridized carbons (Fsp3) is 0.316. The fourth-order valence-corrected chi connectivity index (χ4v) is 2.96. The second-order valence-electron chi connectivity index (χ2n) is 5.69. The van der Waals surface area contributed by atoms with Gasteiger partial charge in [0.25, 0.3) is 0 Å². The number of amides is 1. The highest BCUT2D eigenvalue weighted by atomic mass is 16.5. The van der Waals surface area contributed by atoms with Gasteiger partial charge in [-0.1, -0.05) is 18.2 Å². The van der Waals surface area contributed by atoms with E-state index in [1.165, 1.54) is 11.3 Å². The molecule has 2 aromatic carbocycles. The van der Waals surface area contributed by atoms with Crippen LogP contribution in [0.25, 0.3) is 0 Å². The van der Waals surface area contributed by atoms with Crippen molar-refractivity contribution in [2.24, 2.45) is 0 Å². The number of fused-ring (bicyclic) bond motifs is 1. The molecule has 1 aliphatic heterocycles. The van der Waals surface area contributed by atoms with Gasteiger partial charge in [-0.3, -0.25) is 4.79 Å². The summed E-state index contributed by atoms with van der Waals surface area (Å²) in [7, 11) is 0. The van der Waals surface area contributed by atoms with E-state index in [0.29, 0.717) is 6.61 Å². The molecule has 0 spiro atoms. The number of carbonyl (C=O) groups excluding carboxylic acids is 1. The van der Waals surface area contributed by atoms with Crippen LogP contribution in [0.1, 0.15) is 19.4 Å². The number of hydrogen-bond acceptors (Lipinski definition) is 3. The van der Waals surface area contributed by atoms with Crippen LogP contribution in [0.4, 0.5) is 11.4 Å². The predicted molar refractivity (Wildman–Crippen MR) is 93.2 cm³/mol. The van der Waals surface area contributed by atoms with Crippen LogP contribution in [0.15, 0.2) is 48.5 Å². The number of hydrogen-bond donors (Lipinski definition) is 1. The van der Waals surface area contributed by atoms with Crippen LogP contribution < -0.4 is 15.0 Å². The smallest absolute Gasteiger partial charge is 0.246 e. The summed E-state index contributed by atoms with van der Waals surface area (Å²) in [5, 5.41) is 2.98. The lowest BCUT2D eigenvalue weighted by Gasteiger charge is -2.26. The molecule has 0 unspecified atom stereocenters. The first kappa shape index (κ1) is 15.4. The molecule has 1 atom stereocenters. The predicted octanol–water partition coefficient (Wildman–Crippen LogP) is 3.48. The lowest BCUT2D eigenvalue weighted by molar-refractivity contribution is -0.117. The normalized spacial score (nSPS) is 14.3. The number of nitrogens with one attached hydrogen (secondary N) is 1. The van der Waals surface area contributed by atoms with Crippen LogP contribution in [0, 0.1) is 0 Å². The van der Waals surface area contributed by atoms with Crippen molar-refractivity contribution in [3.05, 3.63) is 54.1 Å². The van der Waals surface area contributed by atoms with Gasteiger partial charge in [0.1, 0.15) is 11.8 Å². The third-order valence-electron chi connectivity index (χ3n) is 4.20. The molecule has 2 aromatic rings. The summed E-state index contributed by atoms with van der Waals surface area (Å²) in [6, 6.07) is 15.6. The Morgan fingerprint density at radius 1 is 1.22 bits per heavy atom. The molecule has 1 heterocycles. The molecule has 1 N–H and O–H groups in total. The Morgan fingerprint density at radius 3 is 2.70 bits per heavy atom. The Morgan fingerprint density at radius 2 is 1.96 bits per heavy atom. The van der Waals surface area contributed by atoms with Crippen molar-refractivity contribution < 1.29 is 9.53 Å². The van der Waals surface area contributed by atoms with Crippen molar-refractivity contribution in [2.45, 2.75) is 26.3 Å². The second-order valence-corrected chi connectivity index (χ2v) is 5.69. The van der Waals surface area contributed by atoms with Crippen molar-refractivity contribution in [3.63, 3.8) is 0 Å². The summed E-state index contributed by atoms with van der Waals surface area (Å²) in [5.74, 6) is 0.817. The van der Waals surface area contributed by atoms with Gasteiger partial charge >= 0.3 is 0 Å². The van der Waals surface area contributed by atoms with Crippen LogP contribution in [0.2, 0.25) is 0 Å². The van der Waals surface area contributed by atoms with Crippen molar-refractivity contribution in [1.29, 1.82) is 0 Å². The molecule has 0 aliphatic carbocycles. The highest BCUT2D eigenvalue weighted by Crippen LogP contribution is 2.29. The minimum Gasteiger partial charge on any atom is -0.494 e. The van der Waals surface area contributed by atoms with Crippen molar-refractivity contribution in [1.82, 2.24) is 0 Å². The average molecular weight is 310 g/mol. The van der Waals surface area contributed by atoms with Crippen LogP contribution >= 0.6 is 0 Å². The second kappa shape index (κ2) is 6.73. The molecule has 4 nitrogen and oxygen atoms in total. The number of nitrogens with zero attached hydrogens (tertiary/aromatic N) is 1. The quantitative estimate of drug-likeness (QED) is 0.919. The Bertz CT molecular complexity index is 682. The number of ether oxygens (including phenoxy) is 1. The molecular formula is C19H22N2O2. The van der Waals surface area contributed by atoms with E-state index >= 15 is 0 Å². The highest BCUT2D eigenvalue weighted by Gasteiger charge is 2.27. The molecule has 120 valence electrons. The van der Waals surface area contributed by atoms with E-state index in [1.807, 2.05) is 50.2 Å². The van der Waals surface area contributed by atoms with Crippen LogP contribution in [-0.2, 0) is 11.2 Å². The zero-order chi connectivity index (χ0) is 16.2. The van der Waals surface area contributed by atoms with Gasteiger partial charge in [0.05, 0.1) is 6.61 Å². The molecule has 0 aromatic heterocycles. The number of para-hydroxylation sites is 1. The van der Waals surface area contributed by atoms with Gasteiger partial charge in [-0.25, -0.2) is 0 Å². The summed E-state index contributed by atoms with van der Waals surface area (Å²) in [6.07, 6.45) is 0.997. The topological polar surface area (TPSA) is 41.6 Å². The fourth-order valence-electron chi connectivity index (χ4n) is 2.96. The van der Waals surface area contributed by atoms with Gasteiger partial charge in [-0.2, -0.15) is 0 Å². The first-order valence-electron chi connectivity index (χ1n) is 8.07. The third kappa shape index (κ3) is 3.31. The summed E-state index contributed by atoms with van der Waals surface area (Å²) < 4.78 is 5.41. The van der Waals surface area contributed by atoms with Crippen LogP contribution in [0.5, 0.6) is 5.75 Å². The third-order valence-corrected chi connectivity index (χ3v) is 4.20. The first-order chi connectivity index (χ1) is 11.2. The molecule has 1 aliphatic rings. The maximum atomic E-state index is 12.5. The van der Waals surface area contributed by atoms with E-state index in [9.17, 15) is 4.79 Å². The molecule has 0 fully saturated rings. The van der Waals surface area contributed by atoms with Gasteiger partial charge in [0.2, 0.25) is 5.91 Å². The number of anilines is 2. The van der Waals surface area contributed by atoms with E-state index in [4.69, 9.17) is 4.74 Å². The lowest BCUT2D eigenvalue weighted by Crippen LogP contribution is -2.41. The van der Waals surface area contributed by atoms with Crippen molar-refractivity contribution >= 4 is 17.3 Å². The highest BCUT2D eigenvalue weighted by molar-refractivity contribution is 5.97. The summed E-state index contributed by atoms with van der Waals surface area (Å²) in [5.41, 5.74) is 3.27. The van der Waals surface area contributed by atoms with Crippen LogP contribution in [-0.4, -0.2) is 25.1 Å². The van der Waals surface area contributed by atoms with Gasteiger partial charge < -0.3 is 15.0 Å². The summed E-state index contributed by atoms with van der Waals surface area (Å²) in [4.78, 5) is 14.7. The zero-order valence-electron chi connectivity index (χ0n) is 13.6. The maximum absolute atomic E-state index is 12.5. The monoisotopic (exact) mass is 310 g/mol. The SMILES string of the molecule is CCOc1ccc(NC(=O)[C@@H](C)N2CCc3ccccc32)cc1. The van der Waals surface area contributed by atoms with E-state index in [2.05, 4.69) is 22.3 Å². The van der Waals surface area contributed by atoms with Gasteiger partial charge in [0, 0.05) is 17.9 Å². The molecule has 4 heteroatoms. The molecule has 0 radical (unpaired) electrons. The zero-order valence-corrected chi connectivity index (χ0v) is 13.6. The van der Waals surface area contributed by atoms with Crippen LogP contribution in [0.3, 0.4) is 0 Å².